The minimum Gasteiger partial charge on any atom is -0.410 e. The van der Waals surface area contributed by atoms with Crippen LogP contribution in [0.5, 0.6) is 0 Å². The lowest BCUT2D eigenvalue weighted by Gasteiger charge is -2.07. The van der Waals surface area contributed by atoms with E-state index in [1.54, 1.807) is 17.7 Å². The van der Waals surface area contributed by atoms with Crippen molar-refractivity contribution in [2.75, 3.05) is 13.1 Å². The van der Waals surface area contributed by atoms with E-state index in [0.29, 0.717) is 11.1 Å². The average molecular weight is 397 g/mol. The normalized spacial score (nSPS) is 15.0. The molecule has 0 atom stereocenters. The smallest absolute Gasteiger partial charge is 0.283 e. The second kappa shape index (κ2) is 7.38. The predicted octanol–water partition coefficient (Wildman–Crippen LogP) is 3.07. The molecule has 1 aromatic carbocycles. The quantitative estimate of drug-likeness (QED) is 0.523. The van der Waals surface area contributed by atoms with Gasteiger partial charge in [-0.3, -0.25) is 0 Å². The molecule has 0 unspecified atom stereocenters. The first-order valence-corrected chi connectivity index (χ1v) is 10.6. The molecule has 6 nitrogen and oxygen atoms in total. The van der Waals surface area contributed by atoms with Crippen LogP contribution >= 0.6 is 23.1 Å². The highest BCUT2D eigenvalue weighted by Gasteiger charge is 2.20. The van der Waals surface area contributed by atoms with Crippen LogP contribution in [0, 0.1) is 0 Å². The maximum Gasteiger partial charge on any atom is 0.283 e. The second-order valence-corrected chi connectivity index (χ2v) is 8.54. The van der Waals surface area contributed by atoms with Crippen molar-refractivity contribution in [2.24, 2.45) is 0 Å². The molecule has 0 spiro atoms. The van der Waals surface area contributed by atoms with Gasteiger partial charge in [0.2, 0.25) is 0 Å². The lowest BCUT2D eigenvalue weighted by Crippen LogP contribution is -3.08. The molecule has 1 saturated heterocycles. The number of nitrogens with zero attached hydrogens (tertiary/aromatic N) is 4. The standard InChI is InChI=1S/C19H17N5OS2/c1-2-6-13(7-3-1)15-10-14-17(26-15)20-12-21-18(14)27-19-23-22-16(25-19)11-24-8-4-5-9-24/h1-3,6-7,10,12H,4-5,8-9,11H2/p+1. The summed E-state index contributed by atoms with van der Waals surface area (Å²) in [6.45, 7) is 3.19. The number of fused-ring (bicyclic) bond motifs is 1. The molecule has 4 aromatic rings. The number of benzene rings is 1. The lowest BCUT2D eigenvalue weighted by molar-refractivity contribution is -0.902. The van der Waals surface area contributed by atoms with Gasteiger partial charge in [-0.05, 0) is 23.4 Å². The van der Waals surface area contributed by atoms with Crippen LogP contribution in [-0.2, 0) is 6.54 Å². The first-order chi connectivity index (χ1) is 13.3. The highest BCUT2D eigenvalue weighted by atomic mass is 32.2. The number of thiophene rings is 1. The summed E-state index contributed by atoms with van der Waals surface area (Å²) in [5, 5.41) is 10.8. The van der Waals surface area contributed by atoms with E-state index in [-0.39, 0.29) is 0 Å². The number of hydrogen-bond donors (Lipinski definition) is 1. The Morgan fingerprint density at radius 1 is 1.07 bits per heavy atom. The van der Waals surface area contributed by atoms with Gasteiger partial charge in [0.1, 0.15) is 16.2 Å². The summed E-state index contributed by atoms with van der Waals surface area (Å²) in [4.78, 5) is 12.5. The van der Waals surface area contributed by atoms with Gasteiger partial charge in [0.05, 0.1) is 13.1 Å². The number of likely N-dealkylation sites (tertiary alicyclic amines) is 1. The monoisotopic (exact) mass is 396 g/mol. The highest BCUT2D eigenvalue weighted by molar-refractivity contribution is 7.99. The third kappa shape index (κ3) is 3.60. The van der Waals surface area contributed by atoms with Gasteiger partial charge in [-0.2, -0.15) is 0 Å². The molecule has 1 aliphatic heterocycles. The summed E-state index contributed by atoms with van der Waals surface area (Å²) in [6.07, 6.45) is 4.17. The maximum absolute atomic E-state index is 5.85. The fourth-order valence-electron chi connectivity index (χ4n) is 3.36. The topological polar surface area (TPSA) is 69.1 Å². The summed E-state index contributed by atoms with van der Waals surface area (Å²) in [5.74, 6) is 0.704. The fourth-order valence-corrected chi connectivity index (χ4v) is 5.18. The van der Waals surface area contributed by atoms with E-state index in [0.717, 1.165) is 21.8 Å². The molecule has 27 heavy (non-hydrogen) atoms. The van der Waals surface area contributed by atoms with E-state index < -0.39 is 0 Å². The zero-order valence-corrected chi connectivity index (χ0v) is 16.2. The largest absolute Gasteiger partial charge is 0.410 e. The first kappa shape index (κ1) is 16.9. The Bertz CT molecular complexity index is 1060. The molecule has 1 aliphatic rings. The summed E-state index contributed by atoms with van der Waals surface area (Å²) in [5.41, 5.74) is 1.19. The lowest BCUT2D eigenvalue weighted by atomic mass is 10.2. The van der Waals surface area contributed by atoms with Crippen molar-refractivity contribution >= 4 is 33.3 Å². The Hall–Kier alpha value is -2.29. The number of quaternary nitrogens is 1. The molecule has 5 rings (SSSR count). The van der Waals surface area contributed by atoms with Gasteiger partial charge in [-0.15, -0.1) is 21.5 Å². The van der Waals surface area contributed by atoms with Crippen molar-refractivity contribution in [1.82, 2.24) is 20.2 Å². The van der Waals surface area contributed by atoms with Crippen molar-refractivity contribution < 1.29 is 9.32 Å². The first-order valence-electron chi connectivity index (χ1n) is 8.99. The van der Waals surface area contributed by atoms with E-state index in [2.05, 4.69) is 38.4 Å². The Labute approximate surface area is 164 Å². The Balaban J connectivity index is 1.40. The van der Waals surface area contributed by atoms with Crippen LogP contribution in [0.15, 0.2) is 57.4 Å². The SMILES string of the molecule is c1ccc(-c2cc3c(Sc4nnc(C[NH+]5CCCC5)o4)ncnc3s2)cc1. The summed E-state index contributed by atoms with van der Waals surface area (Å²) < 4.78 is 5.85. The molecule has 4 heterocycles. The number of nitrogens with one attached hydrogen (secondary N) is 1. The van der Waals surface area contributed by atoms with Crippen molar-refractivity contribution in [3.05, 3.63) is 48.6 Å². The molecular formula is C19H18N5OS2+. The Morgan fingerprint density at radius 2 is 1.93 bits per heavy atom. The van der Waals surface area contributed by atoms with Gasteiger partial charge in [0.25, 0.3) is 11.1 Å². The summed E-state index contributed by atoms with van der Waals surface area (Å²) in [6, 6.07) is 12.5. The molecule has 0 bridgehead atoms. The van der Waals surface area contributed by atoms with E-state index in [1.165, 1.54) is 53.0 Å². The van der Waals surface area contributed by atoms with Crippen molar-refractivity contribution in [1.29, 1.82) is 0 Å². The summed E-state index contributed by atoms with van der Waals surface area (Å²) in [7, 11) is 0. The minimum absolute atomic E-state index is 0.538. The van der Waals surface area contributed by atoms with Gasteiger partial charge in [-0.25, -0.2) is 9.97 Å². The number of hydrogen-bond acceptors (Lipinski definition) is 7. The molecule has 0 radical (unpaired) electrons. The van der Waals surface area contributed by atoms with Crippen LogP contribution in [0.3, 0.4) is 0 Å². The van der Waals surface area contributed by atoms with Gasteiger partial charge in [-0.1, -0.05) is 30.3 Å². The van der Waals surface area contributed by atoms with E-state index >= 15 is 0 Å². The van der Waals surface area contributed by atoms with E-state index in [9.17, 15) is 0 Å². The average Bonchev–Trinajstić information content (AvgIpc) is 3.44. The third-order valence-corrected chi connectivity index (χ3v) is 6.65. The van der Waals surface area contributed by atoms with Crippen molar-refractivity contribution in [3.63, 3.8) is 0 Å². The van der Waals surface area contributed by atoms with Crippen molar-refractivity contribution in [3.8, 4) is 10.4 Å². The van der Waals surface area contributed by atoms with Crippen molar-refractivity contribution in [2.45, 2.75) is 29.6 Å². The maximum atomic E-state index is 5.85. The zero-order valence-electron chi connectivity index (χ0n) is 14.6. The molecular weight excluding hydrogens is 378 g/mol. The number of aromatic nitrogens is 4. The molecule has 8 heteroatoms. The number of rotatable bonds is 5. The highest BCUT2D eigenvalue weighted by Crippen LogP contribution is 2.37. The molecule has 136 valence electrons. The summed E-state index contributed by atoms with van der Waals surface area (Å²) >= 11 is 3.08. The zero-order chi connectivity index (χ0) is 18.1. The Kier molecular flexibility index (Phi) is 4.61. The van der Waals surface area contributed by atoms with Gasteiger partial charge >= 0.3 is 0 Å². The molecule has 1 N–H and O–H groups in total. The Morgan fingerprint density at radius 3 is 2.78 bits per heavy atom. The van der Waals surface area contributed by atoms with Gasteiger partial charge in [0, 0.05) is 23.1 Å². The van der Waals surface area contributed by atoms with Crippen LogP contribution < -0.4 is 4.90 Å². The second-order valence-electron chi connectivity index (χ2n) is 6.57. The van der Waals surface area contributed by atoms with Gasteiger partial charge < -0.3 is 9.32 Å². The fraction of sp³-hybridized carbons (Fsp3) is 0.263. The molecule has 0 aliphatic carbocycles. The van der Waals surface area contributed by atoms with E-state index in [4.69, 9.17) is 4.42 Å². The molecule has 3 aromatic heterocycles. The van der Waals surface area contributed by atoms with Crippen LogP contribution in [0.1, 0.15) is 18.7 Å². The van der Waals surface area contributed by atoms with Crippen LogP contribution in [-0.4, -0.2) is 33.3 Å². The minimum atomic E-state index is 0.538. The van der Waals surface area contributed by atoms with Crippen LogP contribution in [0.4, 0.5) is 0 Å². The molecule has 0 amide bonds. The van der Waals surface area contributed by atoms with Crippen LogP contribution in [0.25, 0.3) is 20.7 Å². The molecule has 0 saturated carbocycles. The molecule has 1 fully saturated rings. The van der Waals surface area contributed by atoms with Gasteiger partial charge in [0.15, 0.2) is 6.54 Å². The predicted molar refractivity (Wildman–Crippen MR) is 105 cm³/mol. The van der Waals surface area contributed by atoms with Crippen LogP contribution in [0.2, 0.25) is 0 Å². The third-order valence-electron chi connectivity index (χ3n) is 4.70. The van der Waals surface area contributed by atoms with E-state index in [1.807, 2.05) is 18.2 Å².